The zero-order chi connectivity index (χ0) is 11.5. The minimum atomic E-state index is -0.299. The number of ketones is 1. The highest BCUT2D eigenvalue weighted by Gasteiger charge is 2.43. The lowest BCUT2D eigenvalue weighted by molar-refractivity contribution is -0.145. The molecule has 0 aromatic rings. The van der Waals surface area contributed by atoms with Gasteiger partial charge < -0.3 is 4.74 Å². The zero-order valence-electron chi connectivity index (χ0n) is 9.84. The van der Waals surface area contributed by atoms with E-state index < -0.39 is 0 Å². The average molecular weight is 212 g/mol. The van der Waals surface area contributed by atoms with Crippen LogP contribution in [0.25, 0.3) is 0 Å². The molecule has 1 saturated carbocycles. The Balaban J connectivity index is 2.61. The Hall–Kier alpha value is -0.860. The van der Waals surface area contributed by atoms with Gasteiger partial charge in [0.25, 0.3) is 0 Å². The monoisotopic (exact) mass is 212 g/mol. The van der Waals surface area contributed by atoms with E-state index in [1.54, 1.807) is 13.8 Å². The van der Waals surface area contributed by atoms with Crippen LogP contribution in [0.15, 0.2) is 0 Å². The van der Waals surface area contributed by atoms with Gasteiger partial charge in [-0.25, -0.2) is 0 Å². The quantitative estimate of drug-likeness (QED) is 0.672. The van der Waals surface area contributed by atoms with Gasteiger partial charge in [-0.3, -0.25) is 9.59 Å². The van der Waals surface area contributed by atoms with Crippen molar-refractivity contribution < 1.29 is 14.3 Å². The maximum atomic E-state index is 11.6. The highest BCUT2D eigenvalue weighted by molar-refractivity contribution is 5.83. The molecule has 3 nitrogen and oxygen atoms in total. The summed E-state index contributed by atoms with van der Waals surface area (Å²) in [6.07, 6.45) is 3.31. The maximum absolute atomic E-state index is 11.6. The second-order valence-electron chi connectivity index (χ2n) is 4.57. The molecular formula is C12H20O3. The minimum absolute atomic E-state index is 0.170. The van der Waals surface area contributed by atoms with Crippen LogP contribution in [0.1, 0.15) is 46.5 Å². The Kier molecular flexibility index (Phi) is 3.89. The molecule has 0 bridgehead atoms. The van der Waals surface area contributed by atoms with E-state index in [-0.39, 0.29) is 23.1 Å². The third-order valence-electron chi connectivity index (χ3n) is 3.67. The molecule has 0 amide bonds. The summed E-state index contributed by atoms with van der Waals surface area (Å²) in [5.74, 6) is 0.209. The number of Topliss-reactive ketones (excluding diaryl/α,β-unsaturated/α-hetero) is 1. The lowest BCUT2D eigenvalue weighted by atomic mass is 9.75. The van der Waals surface area contributed by atoms with Crippen LogP contribution in [0.4, 0.5) is 0 Å². The minimum Gasteiger partial charge on any atom is -0.466 e. The van der Waals surface area contributed by atoms with Crippen LogP contribution in [-0.4, -0.2) is 18.4 Å². The van der Waals surface area contributed by atoms with Crippen molar-refractivity contribution in [2.24, 2.45) is 11.3 Å². The van der Waals surface area contributed by atoms with Crippen LogP contribution in [0.2, 0.25) is 0 Å². The van der Waals surface area contributed by atoms with Crippen LogP contribution >= 0.6 is 0 Å². The van der Waals surface area contributed by atoms with Gasteiger partial charge in [-0.05, 0) is 32.6 Å². The smallest absolute Gasteiger partial charge is 0.306 e. The normalized spacial score (nSPS) is 30.2. The van der Waals surface area contributed by atoms with Crippen LogP contribution in [0.5, 0.6) is 0 Å². The standard InChI is InChI=1S/C12H20O3/c1-4-15-11(14)8-10-6-5-7-12(10,3)9(2)13/h10H,4-8H2,1-3H3/t10-,12-/m0/s1. The molecule has 1 fully saturated rings. The van der Waals surface area contributed by atoms with Crippen molar-refractivity contribution in [3.63, 3.8) is 0 Å². The summed E-state index contributed by atoms with van der Waals surface area (Å²) in [6.45, 7) is 5.83. The van der Waals surface area contributed by atoms with Gasteiger partial charge in [-0.2, -0.15) is 0 Å². The molecule has 0 saturated heterocycles. The van der Waals surface area contributed by atoms with Crippen molar-refractivity contribution in [1.29, 1.82) is 0 Å². The van der Waals surface area contributed by atoms with Gasteiger partial charge in [0.05, 0.1) is 6.61 Å². The number of rotatable bonds is 4. The second-order valence-corrected chi connectivity index (χ2v) is 4.57. The molecule has 0 aliphatic heterocycles. The summed E-state index contributed by atoms with van der Waals surface area (Å²) in [4.78, 5) is 22.9. The van der Waals surface area contributed by atoms with Crippen LogP contribution in [0, 0.1) is 11.3 Å². The average Bonchev–Trinajstić information content (AvgIpc) is 2.50. The third kappa shape index (κ3) is 2.58. The van der Waals surface area contributed by atoms with Gasteiger partial charge in [-0.1, -0.05) is 13.3 Å². The number of hydrogen-bond acceptors (Lipinski definition) is 3. The van der Waals surface area contributed by atoms with Crippen LogP contribution < -0.4 is 0 Å². The van der Waals surface area contributed by atoms with Gasteiger partial charge in [0.15, 0.2) is 0 Å². The topological polar surface area (TPSA) is 43.4 Å². The third-order valence-corrected chi connectivity index (χ3v) is 3.67. The van der Waals surface area contributed by atoms with Crippen molar-refractivity contribution >= 4 is 11.8 Å². The summed E-state index contributed by atoms with van der Waals surface area (Å²) in [5, 5.41) is 0. The fourth-order valence-corrected chi connectivity index (χ4v) is 2.45. The highest BCUT2D eigenvalue weighted by atomic mass is 16.5. The SMILES string of the molecule is CCOC(=O)C[C@@H]1CCC[C@@]1(C)C(C)=O. The maximum Gasteiger partial charge on any atom is 0.306 e. The van der Waals surface area contributed by atoms with E-state index in [2.05, 4.69) is 0 Å². The van der Waals surface area contributed by atoms with Crippen molar-refractivity contribution in [2.75, 3.05) is 6.61 Å². The Labute approximate surface area is 91.2 Å². The zero-order valence-corrected chi connectivity index (χ0v) is 9.84. The molecule has 0 unspecified atom stereocenters. The van der Waals surface area contributed by atoms with E-state index in [9.17, 15) is 9.59 Å². The fourth-order valence-electron chi connectivity index (χ4n) is 2.45. The van der Waals surface area contributed by atoms with Crippen molar-refractivity contribution in [3.8, 4) is 0 Å². The number of esters is 1. The van der Waals surface area contributed by atoms with Crippen LogP contribution in [0.3, 0.4) is 0 Å². The first-order chi connectivity index (χ1) is 7.00. The molecule has 0 aromatic heterocycles. The van der Waals surface area contributed by atoms with Gasteiger partial charge in [0, 0.05) is 11.8 Å². The molecule has 0 N–H and O–H groups in total. The summed E-state index contributed by atoms with van der Waals surface area (Å²) < 4.78 is 4.93. The molecule has 1 aliphatic carbocycles. The van der Waals surface area contributed by atoms with E-state index in [0.717, 1.165) is 19.3 Å². The van der Waals surface area contributed by atoms with E-state index in [0.29, 0.717) is 13.0 Å². The summed E-state index contributed by atoms with van der Waals surface area (Å²) in [5.41, 5.74) is -0.299. The Morgan fingerprint density at radius 2 is 2.13 bits per heavy atom. The molecule has 0 radical (unpaired) electrons. The van der Waals surface area contributed by atoms with Gasteiger partial charge in [-0.15, -0.1) is 0 Å². The van der Waals surface area contributed by atoms with E-state index in [4.69, 9.17) is 4.74 Å². The first-order valence-corrected chi connectivity index (χ1v) is 5.67. The molecule has 0 aromatic carbocycles. The molecule has 0 heterocycles. The Morgan fingerprint density at radius 3 is 2.67 bits per heavy atom. The lowest BCUT2D eigenvalue weighted by Crippen LogP contribution is -2.31. The fraction of sp³-hybridized carbons (Fsp3) is 0.833. The number of hydrogen-bond donors (Lipinski definition) is 0. The number of carbonyl (C=O) groups excluding carboxylic acids is 2. The summed E-state index contributed by atoms with van der Waals surface area (Å²) >= 11 is 0. The second kappa shape index (κ2) is 4.77. The Morgan fingerprint density at radius 1 is 1.47 bits per heavy atom. The Bertz CT molecular complexity index is 260. The molecule has 1 rings (SSSR count). The van der Waals surface area contributed by atoms with Gasteiger partial charge in [0.2, 0.25) is 0 Å². The van der Waals surface area contributed by atoms with Crippen molar-refractivity contribution in [1.82, 2.24) is 0 Å². The molecule has 2 atom stereocenters. The first kappa shape index (κ1) is 12.2. The predicted octanol–water partition coefficient (Wildman–Crippen LogP) is 2.33. The molecule has 1 aliphatic rings. The van der Waals surface area contributed by atoms with Crippen molar-refractivity contribution in [3.05, 3.63) is 0 Å². The van der Waals surface area contributed by atoms with E-state index >= 15 is 0 Å². The van der Waals surface area contributed by atoms with E-state index in [1.807, 2.05) is 6.92 Å². The van der Waals surface area contributed by atoms with Gasteiger partial charge in [0.1, 0.15) is 5.78 Å². The lowest BCUT2D eigenvalue weighted by Gasteiger charge is -2.28. The largest absolute Gasteiger partial charge is 0.466 e. The molecular weight excluding hydrogens is 192 g/mol. The molecule has 3 heteroatoms. The molecule has 15 heavy (non-hydrogen) atoms. The highest BCUT2D eigenvalue weighted by Crippen LogP contribution is 2.45. The predicted molar refractivity (Wildman–Crippen MR) is 57.4 cm³/mol. The summed E-state index contributed by atoms with van der Waals surface area (Å²) in [7, 11) is 0. The number of ether oxygens (including phenoxy) is 1. The van der Waals surface area contributed by atoms with E-state index in [1.165, 1.54) is 0 Å². The van der Waals surface area contributed by atoms with Crippen LogP contribution in [-0.2, 0) is 14.3 Å². The van der Waals surface area contributed by atoms with Gasteiger partial charge >= 0.3 is 5.97 Å². The molecule has 0 spiro atoms. The molecule has 86 valence electrons. The first-order valence-electron chi connectivity index (χ1n) is 5.67. The number of carbonyl (C=O) groups is 2. The summed E-state index contributed by atoms with van der Waals surface area (Å²) in [6, 6.07) is 0. The van der Waals surface area contributed by atoms with Crippen molar-refractivity contribution in [2.45, 2.75) is 46.5 Å².